The van der Waals surface area contributed by atoms with Crippen molar-refractivity contribution in [2.45, 2.75) is 37.4 Å². The summed E-state index contributed by atoms with van der Waals surface area (Å²) in [4.78, 5) is 15.6. The molecule has 0 bridgehead atoms. The fourth-order valence-corrected chi connectivity index (χ4v) is 3.48. The Kier molecular flexibility index (Phi) is 6.70. The molecule has 0 saturated heterocycles. The number of nitrogens with one attached hydrogen (secondary N) is 1. The number of anilines is 1. The summed E-state index contributed by atoms with van der Waals surface area (Å²) in [6.45, 7) is 5.74. The third-order valence-corrected chi connectivity index (χ3v) is 5.32. The van der Waals surface area contributed by atoms with E-state index in [1.807, 2.05) is 20.8 Å². The summed E-state index contributed by atoms with van der Waals surface area (Å²) in [6.07, 6.45) is -5.26. The van der Waals surface area contributed by atoms with Crippen molar-refractivity contribution in [3.63, 3.8) is 0 Å². The summed E-state index contributed by atoms with van der Waals surface area (Å²) < 4.78 is 46.3. The molecule has 0 saturated carbocycles. The monoisotopic (exact) mass is 472 g/mol. The first-order valence-electron chi connectivity index (χ1n) is 9.24. The fourth-order valence-electron chi connectivity index (χ4n) is 2.53. The third-order valence-electron chi connectivity index (χ3n) is 4.11. The number of amides is 1. The number of alkyl halides is 3. The van der Waals surface area contributed by atoms with Crippen LogP contribution in [0.15, 0.2) is 41.4 Å². The molecule has 0 aliphatic rings. The lowest BCUT2D eigenvalue weighted by molar-refractivity contribution is -0.141. The standard InChI is InChI=1S/C20H20ClF3N4O2S/c1-19(2,3)14-10-16-26-15(20(22,23)24)11-17(28(16)27-14)31-9-8-30-18(29)25-13-6-4-12(21)5-7-13/h4-7,10-11H,8-9H2,1-3H3,(H,25,29). The molecule has 0 atom stereocenters. The van der Waals surface area contributed by atoms with Crippen molar-refractivity contribution in [1.29, 1.82) is 0 Å². The first-order valence-corrected chi connectivity index (χ1v) is 10.6. The van der Waals surface area contributed by atoms with Crippen LogP contribution in [0.25, 0.3) is 5.65 Å². The van der Waals surface area contributed by atoms with Gasteiger partial charge in [0.15, 0.2) is 5.65 Å². The molecule has 2 aromatic heterocycles. The highest BCUT2D eigenvalue weighted by Crippen LogP contribution is 2.32. The maximum atomic E-state index is 13.3. The number of thioether (sulfide) groups is 1. The molecule has 2 heterocycles. The summed E-state index contributed by atoms with van der Waals surface area (Å²) in [6, 6.07) is 8.98. The van der Waals surface area contributed by atoms with Crippen LogP contribution in [0.4, 0.5) is 23.7 Å². The number of carbonyl (C=O) groups is 1. The Hall–Kier alpha value is -2.46. The molecule has 1 N–H and O–H groups in total. The van der Waals surface area contributed by atoms with Gasteiger partial charge in [-0.3, -0.25) is 5.32 Å². The normalized spacial score (nSPS) is 12.2. The van der Waals surface area contributed by atoms with Crippen molar-refractivity contribution in [2.24, 2.45) is 0 Å². The van der Waals surface area contributed by atoms with Gasteiger partial charge in [-0.15, -0.1) is 11.8 Å². The molecule has 0 fully saturated rings. The van der Waals surface area contributed by atoms with Crippen LogP contribution < -0.4 is 5.32 Å². The number of nitrogens with zero attached hydrogens (tertiary/aromatic N) is 3. The number of aromatic nitrogens is 3. The molecule has 0 aliphatic heterocycles. The lowest BCUT2D eigenvalue weighted by Gasteiger charge is -2.13. The average molecular weight is 473 g/mol. The van der Waals surface area contributed by atoms with E-state index < -0.39 is 18.0 Å². The Bertz CT molecular complexity index is 1080. The molecule has 11 heteroatoms. The predicted molar refractivity (Wildman–Crippen MR) is 114 cm³/mol. The number of hydrogen-bond donors (Lipinski definition) is 1. The second-order valence-electron chi connectivity index (χ2n) is 7.64. The van der Waals surface area contributed by atoms with Crippen LogP contribution in [0.1, 0.15) is 32.2 Å². The molecule has 6 nitrogen and oxygen atoms in total. The van der Waals surface area contributed by atoms with Crippen molar-refractivity contribution in [3.8, 4) is 0 Å². The number of carbonyl (C=O) groups excluding carboxylic acids is 1. The average Bonchev–Trinajstić information content (AvgIpc) is 3.11. The number of halogens is 4. The van der Waals surface area contributed by atoms with Gasteiger partial charge in [0.05, 0.1) is 5.69 Å². The molecule has 31 heavy (non-hydrogen) atoms. The van der Waals surface area contributed by atoms with Gasteiger partial charge in [0, 0.05) is 34.0 Å². The molecule has 3 rings (SSSR count). The van der Waals surface area contributed by atoms with E-state index in [1.165, 1.54) is 4.52 Å². The highest BCUT2D eigenvalue weighted by Gasteiger charge is 2.34. The molecule has 3 aromatic rings. The van der Waals surface area contributed by atoms with Crippen molar-refractivity contribution in [2.75, 3.05) is 17.7 Å². The number of benzene rings is 1. The second kappa shape index (κ2) is 8.96. The van der Waals surface area contributed by atoms with E-state index in [2.05, 4.69) is 15.4 Å². The van der Waals surface area contributed by atoms with Crippen molar-refractivity contribution in [3.05, 3.63) is 52.8 Å². The number of rotatable bonds is 5. The molecule has 0 radical (unpaired) electrons. The van der Waals surface area contributed by atoms with Gasteiger partial charge < -0.3 is 4.74 Å². The molecule has 0 spiro atoms. The van der Waals surface area contributed by atoms with Gasteiger partial charge in [-0.2, -0.15) is 18.3 Å². The minimum Gasteiger partial charge on any atom is -0.448 e. The smallest absolute Gasteiger partial charge is 0.433 e. The first-order chi connectivity index (χ1) is 14.4. The van der Waals surface area contributed by atoms with Crippen LogP contribution in [-0.2, 0) is 16.3 Å². The van der Waals surface area contributed by atoms with Crippen LogP contribution in [0, 0.1) is 0 Å². The van der Waals surface area contributed by atoms with Gasteiger partial charge in [-0.25, -0.2) is 14.3 Å². The van der Waals surface area contributed by atoms with Crippen LogP contribution in [0.3, 0.4) is 0 Å². The Morgan fingerprint density at radius 3 is 2.45 bits per heavy atom. The molecule has 1 aromatic carbocycles. The van der Waals surface area contributed by atoms with E-state index in [0.717, 1.165) is 17.8 Å². The molecule has 0 aliphatic carbocycles. The molecular weight excluding hydrogens is 453 g/mol. The first kappa shape index (κ1) is 23.2. The summed E-state index contributed by atoms with van der Waals surface area (Å²) in [5.74, 6) is 0.231. The van der Waals surface area contributed by atoms with E-state index >= 15 is 0 Å². The maximum Gasteiger partial charge on any atom is 0.433 e. The Morgan fingerprint density at radius 1 is 1.16 bits per heavy atom. The Balaban J connectivity index is 1.69. The van der Waals surface area contributed by atoms with Gasteiger partial charge in [0.1, 0.15) is 17.3 Å². The minimum absolute atomic E-state index is 0.0113. The Morgan fingerprint density at radius 2 is 1.84 bits per heavy atom. The van der Waals surface area contributed by atoms with Crippen LogP contribution in [0.2, 0.25) is 5.02 Å². The largest absolute Gasteiger partial charge is 0.448 e. The van der Waals surface area contributed by atoms with Gasteiger partial charge in [0.2, 0.25) is 0 Å². The van der Waals surface area contributed by atoms with Crippen LogP contribution >= 0.6 is 23.4 Å². The minimum atomic E-state index is -4.59. The van der Waals surface area contributed by atoms with Crippen molar-refractivity contribution in [1.82, 2.24) is 14.6 Å². The third kappa shape index (κ3) is 6.04. The lowest BCUT2D eigenvalue weighted by Crippen LogP contribution is -2.15. The van der Waals surface area contributed by atoms with Gasteiger partial charge in [-0.05, 0) is 24.3 Å². The highest BCUT2D eigenvalue weighted by atomic mass is 35.5. The van der Waals surface area contributed by atoms with Crippen molar-refractivity contribution < 1.29 is 22.7 Å². The maximum absolute atomic E-state index is 13.3. The van der Waals surface area contributed by atoms with Crippen LogP contribution in [-0.4, -0.2) is 33.1 Å². The molecular formula is C20H20ClF3N4O2S. The summed E-state index contributed by atoms with van der Waals surface area (Å²) in [5.41, 5.74) is -0.0942. The quantitative estimate of drug-likeness (QED) is 0.278. The predicted octanol–water partition coefficient (Wildman–Crippen LogP) is 6.04. The van der Waals surface area contributed by atoms with E-state index in [9.17, 15) is 18.0 Å². The summed E-state index contributed by atoms with van der Waals surface area (Å²) >= 11 is 6.88. The summed E-state index contributed by atoms with van der Waals surface area (Å²) in [7, 11) is 0. The van der Waals surface area contributed by atoms with E-state index in [0.29, 0.717) is 16.4 Å². The fraction of sp³-hybridized carbons (Fsp3) is 0.350. The molecule has 0 unspecified atom stereocenters. The van der Waals surface area contributed by atoms with Crippen LogP contribution in [0.5, 0.6) is 0 Å². The van der Waals surface area contributed by atoms with E-state index in [4.69, 9.17) is 16.3 Å². The number of fused-ring (bicyclic) bond motifs is 1. The molecule has 166 valence electrons. The SMILES string of the molecule is CC(C)(C)c1cc2nc(C(F)(F)F)cc(SCCOC(=O)Nc3ccc(Cl)cc3)n2n1. The lowest BCUT2D eigenvalue weighted by atomic mass is 9.93. The highest BCUT2D eigenvalue weighted by molar-refractivity contribution is 7.99. The van der Waals surface area contributed by atoms with E-state index in [-0.39, 0.29) is 28.4 Å². The molecule has 1 amide bonds. The van der Waals surface area contributed by atoms with Gasteiger partial charge >= 0.3 is 12.3 Å². The number of ether oxygens (including phenoxy) is 1. The number of hydrogen-bond acceptors (Lipinski definition) is 5. The zero-order valence-corrected chi connectivity index (χ0v) is 18.5. The zero-order valence-electron chi connectivity index (χ0n) is 17.0. The topological polar surface area (TPSA) is 68.5 Å². The Labute approximate surface area is 186 Å². The zero-order chi connectivity index (χ0) is 22.8. The van der Waals surface area contributed by atoms with Gasteiger partial charge in [0.25, 0.3) is 0 Å². The van der Waals surface area contributed by atoms with E-state index in [1.54, 1.807) is 30.3 Å². The van der Waals surface area contributed by atoms with Gasteiger partial charge in [-0.1, -0.05) is 32.4 Å². The summed E-state index contributed by atoms with van der Waals surface area (Å²) in [5, 5.41) is 7.75. The second-order valence-corrected chi connectivity index (χ2v) is 9.19. The van der Waals surface area contributed by atoms with Crippen molar-refractivity contribution >= 4 is 40.8 Å².